The summed E-state index contributed by atoms with van der Waals surface area (Å²) in [6.45, 7) is 8.19. The van der Waals surface area contributed by atoms with Gasteiger partial charge in [-0.2, -0.15) is 0 Å². The fourth-order valence-corrected chi connectivity index (χ4v) is 2.84. The molecule has 1 fully saturated rings. The lowest BCUT2D eigenvalue weighted by molar-refractivity contribution is 0.0661. The van der Waals surface area contributed by atoms with Crippen molar-refractivity contribution in [3.63, 3.8) is 0 Å². The summed E-state index contributed by atoms with van der Waals surface area (Å²) in [6, 6.07) is 8.31. The monoisotopic (exact) mass is 292 g/mol. The Hall–Kier alpha value is -1.10. The average Bonchev–Trinajstić information content (AvgIpc) is 2.50. The van der Waals surface area contributed by atoms with E-state index >= 15 is 0 Å². The molecule has 4 heteroatoms. The number of aliphatic hydroxyl groups excluding tert-OH is 1. The summed E-state index contributed by atoms with van der Waals surface area (Å²) in [5, 5.41) is 9.88. The first-order chi connectivity index (χ1) is 10.2. The first-order valence-electron chi connectivity index (χ1n) is 7.97. The number of ether oxygens (including phenoxy) is 1. The molecule has 21 heavy (non-hydrogen) atoms. The highest BCUT2D eigenvalue weighted by molar-refractivity contribution is 5.27. The van der Waals surface area contributed by atoms with E-state index in [0.717, 1.165) is 57.9 Å². The van der Waals surface area contributed by atoms with Crippen molar-refractivity contribution >= 4 is 0 Å². The lowest BCUT2D eigenvalue weighted by Gasteiger charge is -2.35. The van der Waals surface area contributed by atoms with Crippen LogP contribution in [0, 0.1) is 0 Å². The quantitative estimate of drug-likeness (QED) is 0.833. The Bertz CT molecular complexity index is 400. The van der Waals surface area contributed by atoms with Gasteiger partial charge in [-0.25, -0.2) is 0 Å². The topological polar surface area (TPSA) is 35.9 Å². The maximum absolute atomic E-state index is 9.88. The molecule has 1 saturated heterocycles. The minimum absolute atomic E-state index is 0.164. The molecule has 0 spiro atoms. The Balaban J connectivity index is 1.73. The zero-order valence-corrected chi connectivity index (χ0v) is 13.3. The van der Waals surface area contributed by atoms with E-state index in [2.05, 4.69) is 28.9 Å². The van der Waals surface area contributed by atoms with Crippen LogP contribution in [0.5, 0.6) is 5.75 Å². The van der Waals surface area contributed by atoms with Crippen molar-refractivity contribution in [3.05, 3.63) is 29.8 Å². The highest BCUT2D eigenvalue weighted by atomic mass is 16.5. The van der Waals surface area contributed by atoms with Gasteiger partial charge in [0.15, 0.2) is 0 Å². The van der Waals surface area contributed by atoms with Crippen LogP contribution in [-0.4, -0.2) is 60.8 Å². The van der Waals surface area contributed by atoms with Gasteiger partial charge < -0.3 is 9.84 Å². The van der Waals surface area contributed by atoms with Gasteiger partial charge in [0, 0.05) is 39.3 Å². The van der Waals surface area contributed by atoms with Crippen molar-refractivity contribution < 1.29 is 9.84 Å². The SMILES string of the molecule is CCCC(O)CN1CCN(Cc2ccc(OC)cc2)CC1. The Labute approximate surface area is 128 Å². The van der Waals surface area contributed by atoms with Crippen LogP contribution < -0.4 is 4.74 Å². The third-order valence-corrected chi connectivity index (χ3v) is 4.12. The molecule has 118 valence electrons. The zero-order chi connectivity index (χ0) is 15.1. The molecule has 0 amide bonds. The molecule has 1 atom stereocenters. The molecule has 0 radical (unpaired) electrons. The molecular weight excluding hydrogens is 264 g/mol. The number of benzene rings is 1. The first-order valence-corrected chi connectivity index (χ1v) is 7.97. The van der Waals surface area contributed by atoms with Crippen molar-refractivity contribution in [1.29, 1.82) is 0 Å². The summed E-state index contributed by atoms with van der Waals surface area (Å²) >= 11 is 0. The molecule has 4 nitrogen and oxygen atoms in total. The van der Waals surface area contributed by atoms with Crippen LogP contribution in [0.3, 0.4) is 0 Å². The summed E-state index contributed by atoms with van der Waals surface area (Å²) in [6.07, 6.45) is 1.80. The number of aliphatic hydroxyl groups is 1. The van der Waals surface area contributed by atoms with Gasteiger partial charge in [0.1, 0.15) is 5.75 Å². The molecule has 0 aromatic heterocycles. The molecule has 0 bridgehead atoms. The summed E-state index contributed by atoms with van der Waals surface area (Å²) in [7, 11) is 1.70. The molecule has 1 aliphatic heterocycles. The number of nitrogens with zero attached hydrogens (tertiary/aromatic N) is 2. The minimum Gasteiger partial charge on any atom is -0.497 e. The predicted molar refractivity (Wildman–Crippen MR) is 85.6 cm³/mol. The van der Waals surface area contributed by atoms with Crippen molar-refractivity contribution in [2.24, 2.45) is 0 Å². The van der Waals surface area contributed by atoms with Crippen LogP contribution in [0.2, 0.25) is 0 Å². The standard InChI is InChI=1S/C17H28N2O2/c1-3-4-16(20)14-19-11-9-18(10-12-19)13-15-5-7-17(21-2)8-6-15/h5-8,16,20H,3-4,9-14H2,1-2H3. The summed E-state index contributed by atoms with van der Waals surface area (Å²) in [5.74, 6) is 0.911. The fourth-order valence-electron chi connectivity index (χ4n) is 2.84. The van der Waals surface area contributed by atoms with Crippen LogP contribution in [0.4, 0.5) is 0 Å². The second-order valence-electron chi connectivity index (χ2n) is 5.87. The molecule has 1 aromatic rings. The van der Waals surface area contributed by atoms with E-state index in [1.165, 1.54) is 5.56 Å². The summed E-state index contributed by atoms with van der Waals surface area (Å²) in [5.41, 5.74) is 1.33. The number of rotatable bonds is 7. The molecule has 1 aromatic carbocycles. The minimum atomic E-state index is -0.164. The second-order valence-corrected chi connectivity index (χ2v) is 5.87. The maximum atomic E-state index is 9.88. The predicted octanol–water partition coefficient (Wildman–Crippen LogP) is 1.97. The zero-order valence-electron chi connectivity index (χ0n) is 13.3. The van der Waals surface area contributed by atoms with Gasteiger partial charge in [-0.15, -0.1) is 0 Å². The number of β-amino-alcohol motifs (C(OH)–C–C–N with tert-alkyl or cyclic N) is 1. The van der Waals surface area contributed by atoms with E-state index in [4.69, 9.17) is 4.74 Å². The van der Waals surface area contributed by atoms with Crippen LogP contribution in [0.25, 0.3) is 0 Å². The van der Waals surface area contributed by atoms with Gasteiger partial charge in [0.25, 0.3) is 0 Å². The molecular formula is C17H28N2O2. The van der Waals surface area contributed by atoms with Crippen LogP contribution in [0.1, 0.15) is 25.3 Å². The van der Waals surface area contributed by atoms with E-state index in [0.29, 0.717) is 0 Å². The van der Waals surface area contributed by atoms with Crippen molar-refractivity contribution in [2.45, 2.75) is 32.4 Å². The third kappa shape index (κ3) is 5.30. The molecule has 2 rings (SSSR count). The van der Waals surface area contributed by atoms with Gasteiger partial charge in [-0.1, -0.05) is 25.5 Å². The van der Waals surface area contributed by atoms with Crippen molar-refractivity contribution in [1.82, 2.24) is 9.80 Å². The average molecular weight is 292 g/mol. The van der Waals surface area contributed by atoms with Crippen LogP contribution in [-0.2, 0) is 6.54 Å². The van der Waals surface area contributed by atoms with E-state index in [1.54, 1.807) is 7.11 Å². The number of piperazine rings is 1. The second kappa shape index (κ2) is 8.37. The van der Waals surface area contributed by atoms with Gasteiger partial charge in [0.05, 0.1) is 13.2 Å². The Morgan fingerprint density at radius 1 is 1.10 bits per heavy atom. The molecule has 1 unspecified atom stereocenters. The Morgan fingerprint density at radius 3 is 2.29 bits per heavy atom. The molecule has 1 heterocycles. The molecule has 0 aliphatic carbocycles. The molecule has 0 saturated carbocycles. The Kier molecular flexibility index (Phi) is 6.49. The highest BCUT2D eigenvalue weighted by Gasteiger charge is 2.18. The first kappa shape index (κ1) is 16.3. The van der Waals surface area contributed by atoms with Gasteiger partial charge in [-0.3, -0.25) is 9.80 Å². The van der Waals surface area contributed by atoms with Gasteiger partial charge >= 0.3 is 0 Å². The number of hydrogen-bond donors (Lipinski definition) is 1. The van der Waals surface area contributed by atoms with E-state index in [-0.39, 0.29) is 6.10 Å². The third-order valence-electron chi connectivity index (χ3n) is 4.12. The Morgan fingerprint density at radius 2 is 1.71 bits per heavy atom. The fraction of sp³-hybridized carbons (Fsp3) is 0.647. The largest absolute Gasteiger partial charge is 0.497 e. The number of hydrogen-bond acceptors (Lipinski definition) is 4. The summed E-state index contributed by atoms with van der Waals surface area (Å²) in [4.78, 5) is 4.86. The normalized spacial score (nSPS) is 18.6. The van der Waals surface area contributed by atoms with Crippen molar-refractivity contribution in [2.75, 3.05) is 39.8 Å². The van der Waals surface area contributed by atoms with Gasteiger partial charge in [0.2, 0.25) is 0 Å². The van der Waals surface area contributed by atoms with E-state index in [1.807, 2.05) is 12.1 Å². The van der Waals surface area contributed by atoms with Crippen molar-refractivity contribution in [3.8, 4) is 5.75 Å². The van der Waals surface area contributed by atoms with E-state index < -0.39 is 0 Å². The van der Waals surface area contributed by atoms with Crippen LogP contribution in [0.15, 0.2) is 24.3 Å². The van der Waals surface area contributed by atoms with E-state index in [9.17, 15) is 5.11 Å². The van der Waals surface area contributed by atoms with Crippen LogP contribution >= 0.6 is 0 Å². The molecule has 1 N–H and O–H groups in total. The number of methoxy groups -OCH3 is 1. The lowest BCUT2D eigenvalue weighted by Crippen LogP contribution is -2.48. The summed E-state index contributed by atoms with van der Waals surface area (Å²) < 4.78 is 5.19. The van der Waals surface area contributed by atoms with Gasteiger partial charge in [-0.05, 0) is 24.1 Å². The smallest absolute Gasteiger partial charge is 0.118 e. The lowest BCUT2D eigenvalue weighted by atomic mass is 10.1. The molecule has 1 aliphatic rings. The highest BCUT2D eigenvalue weighted by Crippen LogP contribution is 2.14. The maximum Gasteiger partial charge on any atom is 0.118 e.